The van der Waals surface area contributed by atoms with Crippen LogP contribution < -0.4 is 5.73 Å². The molecule has 0 aliphatic heterocycles. The molecule has 0 fully saturated rings. The minimum Gasteiger partial charge on any atom is -0.337 e. The number of amides is 1. The number of likely N-dealkylation sites (N-methyl/N-ethyl adjacent to an activating group) is 1. The highest BCUT2D eigenvalue weighted by Gasteiger charge is 2.22. The SMILES string of the molecule is CCN(Cc1ccc(Cl)nc1)C(=O)[C@H](N)C(C)C. The molecule has 1 aromatic rings. The van der Waals surface area contributed by atoms with Crippen LogP contribution >= 0.6 is 11.6 Å². The highest BCUT2D eigenvalue weighted by atomic mass is 35.5. The molecule has 1 rings (SSSR count). The molecule has 0 bridgehead atoms. The molecule has 0 radical (unpaired) electrons. The minimum atomic E-state index is -0.454. The van der Waals surface area contributed by atoms with Crippen LogP contribution in [0.3, 0.4) is 0 Å². The number of pyridine rings is 1. The summed E-state index contributed by atoms with van der Waals surface area (Å²) in [7, 11) is 0. The first-order chi connectivity index (χ1) is 8.45. The summed E-state index contributed by atoms with van der Waals surface area (Å²) in [4.78, 5) is 17.9. The lowest BCUT2D eigenvalue weighted by molar-refractivity contribution is -0.134. The summed E-state index contributed by atoms with van der Waals surface area (Å²) in [6.07, 6.45) is 1.68. The summed E-state index contributed by atoms with van der Waals surface area (Å²) in [5.41, 5.74) is 6.84. The molecule has 1 aromatic heterocycles. The molecule has 0 saturated heterocycles. The normalized spacial score (nSPS) is 12.6. The molecule has 1 atom stereocenters. The Balaban J connectivity index is 2.72. The number of carbonyl (C=O) groups is 1. The molecule has 18 heavy (non-hydrogen) atoms. The zero-order valence-electron chi connectivity index (χ0n) is 11.1. The first kappa shape index (κ1) is 14.9. The lowest BCUT2D eigenvalue weighted by atomic mass is 10.0. The van der Waals surface area contributed by atoms with E-state index in [0.717, 1.165) is 5.56 Å². The minimum absolute atomic E-state index is 0.0255. The average Bonchev–Trinajstić information content (AvgIpc) is 2.36. The van der Waals surface area contributed by atoms with Crippen molar-refractivity contribution in [3.8, 4) is 0 Å². The van der Waals surface area contributed by atoms with Crippen LogP contribution in [0.1, 0.15) is 26.3 Å². The quantitative estimate of drug-likeness (QED) is 0.833. The van der Waals surface area contributed by atoms with E-state index in [2.05, 4.69) is 4.98 Å². The topological polar surface area (TPSA) is 59.2 Å². The third-order valence-electron chi connectivity index (χ3n) is 2.86. The molecule has 0 spiro atoms. The Labute approximate surface area is 113 Å². The zero-order valence-corrected chi connectivity index (χ0v) is 11.8. The van der Waals surface area contributed by atoms with E-state index in [1.165, 1.54) is 0 Å². The maximum absolute atomic E-state index is 12.1. The average molecular weight is 270 g/mol. The van der Waals surface area contributed by atoms with Crippen LogP contribution in [0.25, 0.3) is 0 Å². The van der Waals surface area contributed by atoms with Gasteiger partial charge in [-0.2, -0.15) is 0 Å². The monoisotopic (exact) mass is 269 g/mol. The number of nitrogens with zero attached hydrogens (tertiary/aromatic N) is 2. The highest BCUT2D eigenvalue weighted by molar-refractivity contribution is 6.29. The van der Waals surface area contributed by atoms with Gasteiger partial charge >= 0.3 is 0 Å². The van der Waals surface area contributed by atoms with Crippen LogP contribution in [-0.2, 0) is 11.3 Å². The van der Waals surface area contributed by atoms with Crippen molar-refractivity contribution < 1.29 is 4.79 Å². The van der Waals surface area contributed by atoms with Gasteiger partial charge in [0.1, 0.15) is 5.15 Å². The van der Waals surface area contributed by atoms with Gasteiger partial charge in [0, 0.05) is 19.3 Å². The van der Waals surface area contributed by atoms with Crippen molar-refractivity contribution in [3.63, 3.8) is 0 Å². The number of nitrogens with two attached hydrogens (primary N) is 1. The second-order valence-electron chi connectivity index (χ2n) is 4.61. The van der Waals surface area contributed by atoms with Gasteiger partial charge in [-0.3, -0.25) is 4.79 Å². The summed E-state index contributed by atoms with van der Waals surface area (Å²) in [6.45, 7) is 6.97. The Morgan fingerprint density at radius 3 is 2.61 bits per heavy atom. The van der Waals surface area contributed by atoms with Gasteiger partial charge in [-0.05, 0) is 24.5 Å². The van der Waals surface area contributed by atoms with Crippen LogP contribution in [0.4, 0.5) is 0 Å². The van der Waals surface area contributed by atoms with E-state index in [1.54, 1.807) is 17.2 Å². The fraction of sp³-hybridized carbons (Fsp3) is 0.538. The third kappa shape index (κ3) is 3.96. The number of aromatic nitrogens is 1. The molecule has 0 aliphatic carbocycles. The molecule has 0 saturated carbocycles. The van der Waals surface area contributed by atoms with Crippen molar-refractivity contribution in [3.05, 3.63) is 29.0 Å². The molecule has 1 heterocycles. The standard InChI is InChI=1S/C13H20ClN3O/c1-4-17(13(18)12(15)9(2)3)8-10-5-6-11(14)16-7-10/h5-7,9,12H,4,8,15H2,1-3H3/t12-/m1/s1. The molecular weight excluding hydrogens is 250 g/mol. The van der Waals surface area contributed by atoms with Crippen molar-refractivity contribution in [1.29, 1.82) is 0 Å². The Morgan fingerprint density at radius 2 is 2.17 bits per heavy atom. The lowest BCUT2D eigenvalue weighted by Crippen LogP contribution is -2.46. The van der Waals surface area contributed by atoms with E-state index in [-0.39, 0.29) is 11.8 Å². The molecule has 100 valence electrons. The predicted octanol–water partition coefficient (Wildman–Crippen LogP) is 2.07. The lowest BCUT2D eigenvalue weighted by Gasteiger charge is -2.26. The molecule has 0 aromatic carbocycles. The third-order valence-corrected chi connectivity index (χ3v) is 3.08. The largest absolute Gasteiger partial charge is 0.337 e. The van der Waals surface area contributed by atoms with Crippen LogP contribution in [0.5, 0.6) is 0 Å². The zero-order chi connectivity index (χ0) is 13.7. The van der Waals surface area contributed by atoms with E-state index < -0.39 is 6.04 Å². The fourth-order valence-electron chi connectivity index (χ4n) is 1.56. The number of halogens is 1. The van der Waals surface area contributed by atoms with Crippen molar-refractivity contribution >= 4 is 17.5 Å². The molecule has 5 heteroatoms. The maximum Gasteiger partial charge on any atom is 0.240 e. The fourth-order valence-corrected chi connectivity index (χ4v) is 1.67. The first-order valence-electron chi connectivity index (χ1n) is 6.10. The van der Waals surface area contributed by atoms with Crippen molar-refractivity contribution in [2.75, 3.05) is 6.54 Å². The van der Waals surface area contributed by atoms with Crippen molar-refractivity contribution in [2.24, 2.45) is 11.7 Å². The Bertz CT molecular complexity index is 392. The van der Waals surface area contributed by atoms with Crippen LogP contribution in [0.2, 0.25) is 5.15 Å². The van der Waals surface area contributed by atoms with Gasteiger partial charge in [0.25, 0.3) is 0 Å². The van der Waals surface area contributed by atoms with Gasteiger partial charge in [-0.15, -0.1) is 0 Å². The van der Waals surface area contributed by atoms with Crippen LogP contribution in [-0.4, -0.2) is 28.4 Å². The van der Waals surface area contributed by atoms with Crippen molar-refractivity contribution in [2.45, 2.75) is 33.4 Å². The van der Waals surface area contributed by atoms with Gasteiger partial charge in [0.2, 0.25) is 5.91 Å². The number of rotatable bonds is 5. The molecule has 2 N–H and O–H groups in total. The van der Waals surface area contributed by atoms with E-state index in [9.17, 15) is 4.79 Å². The Morgan fingerprint density at radius 1 is 1.50 bits per heavy atom. The molecular formula is C13H20ClN3O. The van der Waals surface area contributed by atoms with Gasteiger partial charge < -0.3 is 10.6 Å². The summed E-state index contributed by atoms with van der Waals surface area (Å²) in [5.74, 6) is 0.109. The van der Waals surface area contributed by atoms with Crippen molar-refractivity contribution in [1.82, 2.24) is 9.88 Å². The Hall–Kier alpha value is -1.13. The summed E-state index contributed by atoms with van der Waals surface area (Å²) in [6, 6.07) is 3.13. The molecule has 0 unspecified atom stereocenters. The molecule has 1 amide bonds. The number of hydrogen-bond donors (Lipinski definition) is 1. The summed E-state index contributed by atoms with van der Waals surface area (Å²) < 4.78 is 0. The van der Waals surface area contributed by atoms with E-state index in [0.29, 0.717) is 18.2 Å². The predicted molar refractivity (Wildman–Crippen MR) is 73.2 cm³/mol. The first-order valence-corrected chi connectivity index (χ1v) is 6.48. The van der Waals surface area contributed by atoms with E-state index >= 15 is 0 Å². The summed E-state index contributed by atoms with van der Waals surface area (Å²) in [5, 5.41) is 0.451. The number of hydrogen-bond acceptors (Lipinski definition) is 3. The summed E-state index contributed by atoms with van der Waals surface area (Å²) >= 11 is 5.72. The highest BCUT2D eigenvalue weighted by Crippen LogP contribution is 2.10. The second kappa shape index (κ2) is 6.71. The van der Waals surface area contributed by atoms with E-state index in [4.69, 9.17) is 17.3 Å². The second-order valence-corrected chi connectivity index (χ2v) is 5.00. The van der Waals surface area contributed by atoms with Gasteiger partial charge in [0.05, 0.1) is 6.04 Å². The van der Waals surface area contributed by atoms with Crippen LogP contribution in [0, 0.1) is 5.92 Å². The maximum atomic E-state index is 12.1. The van der Waals surface area contributed by atoms with Crippen LogP contribution in [0.15, 0.2) is 18.3 Å². The molecule has 0 aliphatic rings. The van der Waals surface area contributed by atoms with Gasteiger partial charge in [-0.1, -0.05) is 31.5 Å². The number of carbonyl (C=O) groups excluding carboxylic acids is 1. The Kier molecular flexibility index (Phi) is 5.56. The molecule has 4 nitrogen and oxygen atoms in total. The van der Waals surface area contributed by atoms with Gasteiger partial charge in [-0.25, -0.2) is 4.98 Å². The van der Waals surface area contributed by atoms with Gasteiger partial charge in [0.15, 0.2) is 0 Å². The van der Waals surface area contributed by atoms with E-state index in [1.807, 2.05) is 26.8 Å². The smallest absolute Gasteiger partial charge is 0.240 e.